The number of pyridine rings is 1. The number of carbonyl (C=O) groups is 1. The highest BCUT2D eigenvalue weighted by Gasteiger charge is 2.20. The minimum absolute atomic E-state index is 0.0755. The first-order valence-electron chi connectivity index (χ1n) is 8.52. The summed E-state index contributed by atoms with van der Waals surface area (Å²) in [6, 6.07) is 5.62. The van der Waals surface area contributed by atoms with Crippen LogP contribution in [0.4, 0.5) is 5.95 Å². The summed E-state index contributed by atoms with van der Waals surface area (Å²) in [7, 11) is 0. The Morgan fingerprint density at radius 3 is 3.08 bits per heavy atom. The number of rotatable bonds is 6. The van der Waals surface area contributed by atoms with Gasteiger partial charge in [-0.15, -0.1) is 5.10 Å². The molecule has 134 valence electrons. The number of hydrogen-bond acceptors (Lipinski definition) is 6. The number of amides is 1. The fourth-order valence-electron chi connectivity index (χ4n) is 2.59. The molecule has 3 heterocycles. The molecule has 25 heavy (non-hydrogen) atoms. The van der Waals surface area contributed by atoms with Crippen molar-refractivity contribution < 1.29 is 14.3 Å². The van der Waals surface area contributed by atoms with E-state index in [1.807, 2.05) is 25.1 Å². The Hall–Kier alpha value is -2.32. The third kappa shape index (κ3) is 4.83. The van der Waals surface area contributed by atoms with Gasteiger partial charge in [-0.05, 0) is 45.2 Å². The van der Waals surface area contributed by atoms with Crippen LogP contribution in [0, 0.1) is 6.92 Å². The number of H-pyrrole nitrogens is 1. The number of aromatic nitrogens is 4. The molecule has 0 saturated carbocycles. The van der Waals surface area contributed by atoms with E-state index in [9.17, 15) is 4.79 Å². The first kappa shape index (κ1) is 17.5. The van der Waals surface area contributed by atoms with Crippen molar-refractivity contribution in [2.75, 3.05) is 18.5 Å². The highest BCUT2D eigenvalue weighted by molar-refractivity contribution is 5.92. The second-order valence-corrected chi connectivity index (χ2v) is 6.13. The van der Waals surface area contributed by atoms with E-state index in [1.54, 1.807) is 6.92 Å². The maximum Gasteiger partial charge on any atom is 0.255 e. The molecule has 1 aliphatic heterocycles. The largest absolute Gasteiger partial charge is 0.376 e. The van der Waals surface area contributed by atoms with Crippen LogP contribution in [0.3, 0.4) is 0 Å². The smallest absolute Gasteiger partial charge is 0.255 e. The molecule has 1 amide bonds. The lowest BCUT2D eigenvalue weighted by Gasteiger charge is -2.23. The number of nitrogens with one attached hydrogen (secondary N) is 2. The molecule has 1 aliphatic rings. The van der Waals surface area contributed by atoms with Crippen molar-refractivity contribution in [2.45, 2.75) is 45.3 Å². The van der Waals surface area contributed by atoms with Crippen LogP contribution in [0.5, 0.6) is 0 Å². The first-order chi connectivity index (χ1) is 12.1. The Labute approximate surface area is 146 Å². The van der Waals surface area contributed by atoms with E-state index in [2.05, 4.69) is 25.5 Å². The van der Waals surface area contributed by atoms with Gasteiger partial charge < -0.3 is 9.47 Å². The normalized spacial score (nSPS) is 18.7. The van der Waals surface area contributed by atoms with E-state index >= 15 is 0 Å². The molecule has 8 heteroatoms. The lowest BCUT2D eigenvalue weighted by molar-refractivity contribution is -0.130. The van der Waals surface area contributed by atoms with Crippen LogP contribution in [0.2, 0.25) is 0 Å². The van der Waals surface area contributed by atoms with Gasteiger partial charge >= 0.3 is 0 Å². The Balaban J connectivity index is 1.52. The number of aryl methyl sites for hydroxylation is 1. The predicted molar refractivity (Wildman–Crippen MR) is 92.0 cm³/mol. The van der Waals surface area contributed by atoms with Gasteiger partial charge in [0.2, 0.25) is 5.95 Å². The van der Waals surface area contributed by atoms with Gasteiger partial charge in [0.05, 0.1) is 12.7 Å². The predicted octanol–water partition coefficient (Wildman–Crippen LogP) is 2.09. The number of carbonyl (C=O) groups excluding carboxylic acids is 1. The SMILES string of the molecule is Cc1cccc(-c2nc(NC(=O)C(C)OCC3CCCCO3)n[nH]2)n1. The summed E-state index contributed by atoms with van der Waals surface area (Å²) >= 11 is 0. The molecule has 2 unspecified atom stereocenters. The molecule has 2 aromatic heterocycles. The van der Waals surface area contributed by atoms with E-state index < -0.39 is 6.10 Å². The topological polar surface area (TPSA) is 102 Å². The van der Waals surface area contributed by atoms with Gasteiger partial charge in [-0.25, -0.2) is 4.98 Å². The molecular weight excluding hydrogens is 322 g/mol. The van der Waals surface area contributed by atoms with Gasteiger partial charge in [0.15, 0.2) is 5.82 Å². The first-order valence-corrected chi connectivity index (χ1v) is 8.52. The van der Waals surface area contributed by atoms with Crippen molar-refractivity contribution in [3.63, 3.8) is 0 Å². The van der Waals surface area contributed by atoms with Crippen LogP contribution in [-0.2, 0) is 14.3 Å². The molecule has 0 aromatic carbocycles. The minimum Gasteiger partial charge on any atom is -0.376 e. The summed E-state index contributed by atoms with van der Waals surface area (Å²) in [5.74, 6) is 0.411. The molecular formula is C17H23N5O3. The zero-order valence-corrected chi connectivity index (χ0v) is 14.5. The van der Waals surface area contributed by atoms with E-state index in [1.165, 1.54) is 0 Å². The van der Waals surface area contributed by atoms with Gasteiger partial charge in [0.1, 0.15) is 11.8 Å². The second kappa shape index (κ2) is 8.17. The van der Waals surface area contributed by atoms with Gasteiger partial charge in [0.25, 0.3) is 5.91 Å². The number of aromatic amines is 1. The minimum atomic E-state index is -0.607. The molecule has 0 bridgehead atoms. The van der Waals surface area contributed by atoms with Crippen LogP contribution < -0.4 is 5.32 Å². The Morgan fingerprint density at radius 2 is 2.32 bits per heavy atom. The molecule has 0 radical (unpaired) electrons. The summed E-state index contributed by atoms with van der Waals surface area (Å²) in [4.78, 5) is 20.8. The Bertz CT molecular complexity index is 712. The van der Waals surface area contributed by atoms with Crippen molar-refractivity contribution in [1.82, 2.24) is 20.2 Å². The Morgan fingerprint density at radius 1 is 1.44 bits per heavy atom. The van der Waals surface area contributed by atoms with E-state index in [-0.39, 0.29) is 18.0 Å². The van der Waals surface area contributed by atoms with Crippen LogP contribution in [0.25, 0.3) is 11.5 Å². The van der Waals surface area contributed by atoms with Crippen LogP contribution in [0.1, 0.15) is 31.9 Å². The number of anilines is 1. The molecule has 3 rings (SSSR count). The van der Waals surface area contributed by atoms with Gasteiger partial charge in [-0.3, -0.25) is 15.2 Å². The fraction of sp³-hybridized carbons (Fsp3) is 0.529. The van der Waals surface area contributed by atoms with Crippen LogP contribution in [0.15, 0.2) is 18.2 Å². The van der Waals surface area contributed by atoms with Gasteiger partial charge in [-0.2, -0.15) is 4.98 Å². The van der Waals surface area contributed by atoms with Crippen molar-refractivity contribution >= 4 is 11.9 Å². The highest BCUT2D eigenvalue weighted by Crippen LogP contribution is 2.15. The van der Waals surface area contributed by atoms with Crippen molar-refractivity contribution in [3.8, 4) is 11.5 Å². The molecule has 1 saturated heterocycles. The maximum atomic E-state index is 12.2. The fourth-order valence-corrected chi connectivity index (χ4v) is 2.59. The lowest BCUT2D eigenvalue weighted by Crippen LogP contribution is -2.32. The van der Waals surface area contributed by atoms with Gasteiger partial charge in [0, 0.05) is 12.3 Å². The Kier molecular flexibility index (Phi) is 5.72. The monoisotopic (exact) mass is 345 g/mol. The molecule has 2 aromatic rings. The number of nitrogens with zero attached hydrogens (tertiary/aromatic N) is 3. The highest BCUT2D eigenvalue weighted by atomic mass is 16.5. The van der Waals surface area contributed by atoms with Crippen molar-refractivity contribution in [3.05, 3.63) is 23.9 Å². The average Bonchev–Trinajstić information content (AvgIpc) is 3.09. The molecule has 0 spiro atoms. The molecule has 1 fully saturated rings. The number of hydrogen-bond donors (Lipinski definition) is 2. The van der Waals surface area contributed by atoms with E-state index in [0.29, 0.717) is 18.1 Å². The third-order valence-corrected chi connectivity index (χ3v) is 4.03. The third-order valence-electron chi connectivity index (χ3n) is 4.03. The summed E-state index contributed by atoms with van der Waals surface area (Å²) < 4.78 is 11.2. The molecule has 0 aliphatic carbocycles. The molecule has 8 nitrogen and oxygen atoms in total. The maximum absolute atomic E-state index is 12.2. The zero-order valence-electron chi connectivity index (χ0n) is 14.5. The summed E-state index contributed by atoms with van der Waals surface area (Å²) in [6.45, 7) is 4.79. The van der Waals surface area contributed by atoms with E-state index in [4.69, 9.17) is 9.47 Å². The average molecular weight is 345 g/mol. The summed E-state index contributed by atoms with van der Waals surface area (Å²) in [5, 5.41) is 9.43. The second-order valence-electron chi connectivity index (χ2n) is 6.13. The zero-order chi connectivity index (χ0) is 17.6. The van der Waals surface area contributed by atoms with Crippen LogP contribution in [-0.4, -0.2) is 51.5 Å². The quantitative estimate of drug-likeness (QED) is 0.831. The van der Waals surface area contributed by atoms with E-state index in [0.717, 1.165) is 31.6 Å². The standard InChI is InChI=1S/C17H23N5O3/c1-11-6-5-8-14(18-11)15-19-17(22-21-15)20-16(23)12(2)25-10-13-7-3-4-9-24-13/h5-6,8,12-13H,3-4,7,9-10H2,1-2H3,(H2,19,20,21,22,23). The van der Waals surface area contributed by atoms with Crippen LogP contribution >= 0.6 is 0 Å². The number of ether oxygens (including phenoxy) is 2. The lowest BCUT2D eigenvalue weighted by atomic mass is 10.1. The van der Waals surface area contributed by atoms with Gasteiger partial charge in [-0.1, -0.05) is 6.07 Å². The molecule has 2 atom stereocenters. The summed E-state index contributed by atoms with van der Waals surface area (Å²) in [6.07, 6.45) is 2.68. The van der Waals surface area contributed by atoms with Crippen molar-refractivity contribution in [1.29, 1.82) is 0 Å². The summed E-state index contributed by atoms with van der Waals surface area (Å²) in [5.41, 5.74) is 1.55. The molecule has 2 N–H and O–H groups in total. The van der Waals surface area contributed by atoms with Crippen molar-refractivity contribution in [2.24, 2.45) is 0 Å².